The van der Waals surface area contributed by atoms with E-state index >= 15 is 0 Å². The molecule has 20 heavy (non-hydrogen) atoms. The van der Waals surface area contributed by atoms with Gasteiger partial charge in [0.15, 0.2) is 11.5 Å². The average molecular weight is 268 g/mol. The molecule has 0 saturated heterocycles. The fourth-order valence-electron chi connectivity index (χ4n) is 2.28. The second-order valence-electron chi connectivity index (χ2n) is 4.58. The zero-order valence-electron chi connectivity index (χ0n) is 11.2. The number of rotatable bonds is 4. The largest absolute Gasteiger partial charge is 0.308 e. The van der Waals surface area contributed by atoms with E-state index in [1.54, 1.807) is 10.9 Å². The molecule has 6 nitrogen and oxygen atoms in total. The van der Waals surface area contributed by atoms with Crippen LogP contribution in [0.4, 0.5) is 5.82 Å². The maximum absolute atomic E-state index is 5.45. The fraction of sp³-hybridized carbons (Fsp3) is 0.214. The zero-order chi connectivity index (χ0) is 13.9. The summed E-state index contributed by atoms with van der Waals surface area (Å²) >= 11 is 0. The molecule has 1 aromatic carbocycles. The van der Waals surface area contributed by atoms with Crippen molar-refractivity contribution >= 4 is 16.9 Å². The Kier molecular flexibility index (Phi) is 3.30. The number of fused-ring (bicyclic) bond motifs is 1. The molecule has 0 saturated carbocycles. The topological polar surface area (TPSA) is 81.7 Å². The van der Waals surface area contributed by atoms with Crippen LogP contribution >= 0.6 is 0 Å². The number of aryl methyl sites for hydroxylation is 1. The van der Waals surface area contributed by atoms with Crippen LogP contribution in [0.1, 0.15) is 18.9 Å². The molecule has 0 bridgehead atoms. The zero-order valence-corrected chi connectivity index (χ0v) is 11.2. The van der Waals surface area contributed by atoms with Crippen molar-refractivity contribution in [3.8, 4) is 5.69 Å². The smallest absolute Gasteiger partial charge is 0.168 e. The molecule has 3 aromatic rings. The summed E-state index contributed by atoms with van der Waals surface area (Å²) in [5.74, 6) is 6.03. The lowest BCUT2D eigenvalue weighted by atomic mass is 10.1. The summed E-state index contributed by atoms with van der Waals surface area (Å²) in [6, 6.07) is 8.31. The summed E-state index contributed by atoms with van der Waals surface area (Å²) in [6.45, 7) is 2.17. The molecule has 3 N–H and O–H groups in total. The molecule has 2 aromatic heterocycles. The second kappa shape index (κ2) is 5.26. The maximum atomic E-state index is 5.45. The number of anilines is 1. The molecule has 0 unspecified atom stereocenters. The SMILES string of the molecule is CCCc1cccc(-n2ncc3c(NN)ncnc32)c1. The van der Waals surface area contributed by atoms with Crippen LogP contribution in [0.5, 0.6) is 0 Å². The number of nitrogens with two attached hydrogens (primary N) is 1. The van der Waals surface area contributed by atoms with Gasteiger partial charge in [-0.25, -0.2) is 20.5 Å². The Morgan fingerprint density at radius 2 is 2.20 bits per heavy atom. The molecule has 0 spiro atoms. The monoisotopic (exact) mass is 268 g/mol. The van der Waals surface area contributed by atoms with Crippen LogP contribution in [0, 0.1) is 0 Å². The van der Waals surface area contributed by atoms with Gasteiger partial charge >= 0.3 is 0 Å². The number of nitrogens with zero attached hydrogens (tertiary/aromatic N) is 4. The van der Waals surface area contributed by atoms with Crippen molar-refractivity contribution in [2.75, 3.05) is 5.43 Å². The summed E-state index contributed by atoms with van der Waals surface area (Å²) in [5, 5.41) is 5.20. The van der Waals surface area contributed by atoms with Gasteiger partial charge in [0.25, 0.3) is 0 Å². The lowest BCUT2D eigenvalue weighted by Gasteiger charge is -2.06. The number of hydrogen-bond acceptors (Lipinski definition) is 5. The summed E-state index contributed by atoms with van der Waals surface area (Å²) in [5.41, 5.74) is 5.58. The minimum Gasteiger partial charge on any atom is -0.308 e. The third kappa shape index (κ3) is 2.10. The Labute approximate surface area is 116 Å². The predicted octanol–water partition coefficient (Wildman–Crippen LogP) is 2.05. The van der Waals surface area contributed by atoms with Crippen LogP contribution in [-0.2, 0) is 6.42 Å². The first kappa shape index (κ1) is 12.6. The van der Waals surface area contributed by atoms with Gasteiger partial charge < -0.3 is 5.43 Å². The van der Waals surface area contributed by atoms with Gasteiger partial charge in [0, 0.05) is 0 Å². The predicted molar refractivity (Wildman–Crippen MR) is 78.5 cm³/mol. The molecule has 2 heterocycles. The summed E-state index contributed by atoms with van der Waals surface area (Å²) < 4.78 is 1.80. The first-order valence-corrected chi connectivity index (χ1v) is 6.58. The van der Waals surface area contributed by atoms with E-state index in [0.29, 0.717) is 5.82 Å². The molecular formula is C14H16N6. The van der Waals surface area contributed by atoms with Crippen molar-refractivity contribution in [1.82, 2.24) is 19.7 Å². The van der Waals surface area contributed by atoms with Gasteiger partial charge in [-0.1, -0.05) is 25.5 Å². The molecule has 3 rings (SSSR count). The van der Waals surface area contributed by atoms with Gasteiger partial charge in [-0.3, -0.25) is 0 Å². The van der Waals surface area contributed by atoms with Crippen molar-refractivity contribution in [3.63, 3.8) is 0 Å². The van der Waals surface area contributed by atoms with Crippen molar-refractivity contribution in [1.29, 1.82) is 0 Å². The van der Waals surface area contributed by atoms with E-state index in [2.05, 4.69) is 39.5 Å². The molecule has 0 aliphatic rings. The van der Waals surface area contributed by atoms with Gasteiger partial charge in [-0.05, 0) is 24.1 Å². The van der Waals surface area contributed by atoms with Crippen LogP contribution in [0.25, 0.3) is 16.7 Å². The van der Waals surface area contributed by atoms with E-state index in [1.807, 2.05) is 12.1 Å². The van der Waals surface area contributed by atoms with Crippen LogP contribution in [0.3, 0.4) is 0 Å². The van der Waals surface area contributed by atoms with E-state index in [1.165, 1.54) is 11.9 Å². The highest BCUT2D eigenvalue weighted by molar-refractivity contribution is 5.86. The third-order valence-corrected chi connectivity index (χ3v) is 3.20. The highest BCUT2D eigenvalue weighted by Gasteiger charge is 2.10. The molecule has 0 aliphatic carbocycles. The van der Waals surface area contributed by atoms with Crippen molar-refractivity contribution < 1.29 is 0 Å². The summed E-state index contributed by atoms with van der Waals surface area (Å²) in [6.07, 6.45) is 5.37. The normalized spacial score (nSPS) is 10.9. The second-order valence-corrected chi connectivity index (χ2v) is 4.58. The Hall–Kier alpha value is -2.47. The molecule has 0 aliphatic heterocycles. The van der Waals surface area contributed by atoms with E-state index < -0.39 is 0 Å². The molecule has 0 amide bonds. The number of nitrogens with one attached hydrogen (secondary N) is 1. The molecule has 0 radical (unpaired) electrons. The van der Waals surface area contributed by atoms with Gasteiger partial charge in [0.1, 0.15) is 6.33 Å². The summed E-state index contributed by atoms with van der Waals surface area (Å²) in [7, 11) is 0. The van der Waals surface area contributed by atoms with Gasteiger partial charge in [0.05, 0.1) is 17.3 Å². The van der Waals surface area contributed by atoms with Gasteiger partial charge in [-0.15, -0.1) is 0 Å². The lowest BCUT2D eigenvalue weighted by molar-refractivity contribution is 0.880. The van der Waals surface area contributed by atoms with Crippen LogP contribution in [-0.4, -0.2) is 19.7 Å². The van der Waals surface area contributed by atoms with Gasteiger partial charge in [0.2, 0.25) is 0 Å². The van der Waals surface area contributed by atoms with E-state index in [0.717, 1.165) is 29.6 Å². The Bertz CT molecular complexity index is 733. The highest BCUT2D eigenvalue weighted by Crippen LogP contribution is 2.21. The molecule has 102 valence electrons. The van der Waals surface area contributed by atoms with E-state index in [9.17, 15) is 0 Å². The highest BCUT2D eigenvalue weighted by atomic mass is 15.3. The minimum atomic E-state index is 0.575. The van der Waals surface area contributed by atoms with Gasteiger partial charge in [-0.2, -0.15) is 5.10 Å². The average Bonchev–Trinajstić information content (AvgIpc) is 2.92. The number of hydrogen-bond donors (Lipinski definition) is 2. The maximum Gasteiger partial charge on any atom is 0.168 e. The van der Waals surface area contributed by atoms with E-state index in [4.69, 9.17) is 5.84 Å². The lowest BCUT2D eigenvalue weighted by Crippen LogP contribution is -2.09. The fourth-order valence-corrected chi connectivity index (χ4v) is 2.28. The summed E-state index contributed by atoms with van der Waals surface area (Å²) in [4.78, 5) is 8.37. The van der Waals surface area contributed by atoms with Crippen molar-refractivity contribution in [2.45, 2.75) is 19.8 Å². The van der Waals surface area contributed by atoms with Crippen LogP contribution in [0.2, 0.25) is 0 Å². The number of nitrogen functional groups attached to an aromatic ring is 1. The number of hydrazine groups is 1. The number of aromatic nitrogens is 4. The molecule has 6 heteroatoms. The Morgan fingerprint density at radius 3 is 3.00 bits per heavy atom. The van der Waals surface area contributed by atoms with Crippen molar-refractivity contribution in [3.05, 3.63) is 42.4 Å². The van der Waals surface area contributed by atoms with Crippen LogP contribution in [0.15, 0.2) is 36.8 Å². The van der Waals surface area contributed by atoms with Crippen LogP contribution < -0.4 is 11.3 Å². The quantitative estimate of drug-likeness (QED) is 0.559. The third-order valence-electron chi connectivity index (χ3n) is 3.20. The Morgan fingerprint density at radius 1 is 1.30 bits per heavy atom. The minimum absolute atomic E-state index is 0.575. The molecular weight excluding hydrogens is 252 g/mol. The Balaban J connectivity index is 2.12. The standard InChI is InChI=1S/C14H16N6/c1-2-4-10-5-3-6-11(7-10)20-14-12(8-18-20)13(19-15)16-9-17-14/h3,5-9H,2,4,15H2,1H3,(H,16,17,19). The molecule has 0 atom stereocenters. The van der Waals surface area contributed by atoms with E-state index in [-0.39, 0.29) is 0 Å². The van der Waals surface area contributed by atoms with Crippen molar-refractivity contribution in [2.24, 2.45) is 5.84 Å². The molecule has 0 fully saturated rings. The first-order valence-electron chi connectivity index (χ1n) is 6.58. The first-order chi connectivity index (χ1) is 9.83. The number of benzene rings is 1.